The lowest BCUT2D eigenvalue weighted by Gasteiger charge is -2.07. The van der Waals surface area contributed by atoms with Gasteiger partial charge < -0.3 is 5.11 Å². The average Bonchev–Trinajstić information content (AvgIpc) is 2.38. The molecule has 0 amide bonds. The first kappa shape index (κ1) is 14.3. The highest BCUT2D eigenvalue weighted by atomic mass is 35.5. The number of Topliss-reactive ketones (excluding diaryl/α,β-unsaturated/α-hetero) is 2. The fraction of sp³-hybridized carbons (Fsp3) is 0.125. The number of benzene rings is 2. The van der Waals surface area contributed by atoms with Gasteiger partial charge in [-0.2, -0.15) is 0 Å². The second-order valence-corrected chi connectivity index (χ2v) is 4.88. The predicted octanol–water partition coefficient (Wildman–Crippen LogP) is 3.81. The Labute approximate surface area is 121 Å². The summed E-state index contributed by atoms with van der Waals surface area (Å²) in [5.74, 6) is -0.879. The van der Waals surface area contributed by atoms with Crippen LogP contribution in [0.2, 0.25) is 5.02 Å². The number of hydrogen-bond donors (Lipinski definition) is 1. The molecule has 1 N–H and O–H groups in total. The number of halogens is 1. The van der Waals surface area contributed by atoms with Crippen LogP contribution in [-0.4, -0.2) is 16.7 Å². The van der Waals surface area contributed by atoms with E-state index in [-0.39, 0.29) is 23.5 Å². The molecule has 0 unspecified atom stereocenters. The molecule has 0 radical (unpaired) electrons. The van der Waals surface area contributed by atoms with Crippen molar-refractivity contribution in [2.45, 2.75) is 13.3 Å². The van der Waals surface area contributed by atoms with E-state index >= 15 is 0 Å². The van der Waals surface area contributed by atoms with Crippen molar-refractivity contribution in [2.24, 2.45) is 0 Å². The summed E-state index contributed by atoms with van der Waals surface area (Å²) in [6.45, 7) is 1.72. The summed E-state index contributed by atoms with van der Waals surface area (Å²) in [4.78, 5) is 24.2. The Morgan fingerprint density at radius 1 is 1.05 bits per heavy atom. The normalized spacial score (nSPS) is 10.3. The van der Waals surface area contributed by atoms with Crippen LogP contribution in [0, 0.1) is 6.92 Å². The number of rotatable bonds is 4. The molecule has 0 aliphatic carbocycles. The minimum atomic E-state index is -0.412. The maximum absolute atomic E-state index is 12.2. The minimum absolute atomic E-state index is 0.109. The molecule has 0 aromatic heterocycles. The molecular weight excluding hydrogens is 276 g/mol. The molecule has 0 atom stereocenters. The van der Waals surface area contributed by atoms with Crippen molar-refractivity contribution in [1.29, 1.82) is 0 Å². The van der Waals surface area contributed by atoms with Crippen molar-refractivity contribution in [3.8, 4) is 5.75 Å². The zero-order chi connectivity index (χ0) is 14.7. The molecule has 2 aromatic rings. The minimum Gasteiger partial charge on any atom is -0.507 e. The van der Waals surface area contributed by atoms with Gasteiger partial charge in [-0.3, -0.25) is 9.59 Å². The highest BCUT2D eigenvalue weighted by Crippen LogP contribution is 2.24. The number of carbonyl (C=O) groups excluding carboxylic acids is 2. The van der Waals surface area contributed by atoms with Gasteiger partial charge >= 0.3 is 0 Å². The smallest absolute Gasteiger partial charge is 0.174 e. The Bertz CT molecular complexity index is 657. The van der Waals surface area contributed by atoms with Crippen molar-refractivity contribution < 1.29 is 14.7 Å². The van der Waals surface area contributed by atoms with Gasteiger partial charge in [-0.05, 0) is 30.7 Å². The molecule has 0 saturated heterocycles. The molecule has 102 valence electrons. The van der Waals surface area contributed by atoms with Crippen molar-refractivity contribution >= 4 is 23.2 Å². The van der Waals surface area contributed by atoms with Crippen LogP contribution in [0.1, 0.15) is 32.7 Å². The second kappa shape index (κ2) is 5.88. The number of hydrogen-bond acceptors (Lipinski definition) is 3. The molecule has 0 bridgehead atoms. The summed E-state index contributed by atoms with van der Waals surface area (Å²) >= 11 is 5.93. The number of phenolic OH excluding ortho intramolecular Hbond substituents is 1. The van der Waals surface area contributed by atoms with Crippen molar-refractivity contribution in [3.05, 3.63) is 64.2 Å². The molecule has 20 heavy (non-hydrogen) atoms. The van der Waals surface area contributed by atoms with E-state index in [0.29, 0.717) is 16.1 Å². The lowest BCUT2D eigenvalue weighted by atomic mass is 9.97. The SMILES string of the molecule is Cc1cccc(O)c1C(=O)CC(=O)c1ccccc1Cl. The van der Waals surface area contributed by atoms with Crippen LogP contribution >= 0.6 is 11.6 Å². The van der Waals surface area contributed by atoms with Crippen LogP contribution in [-0.2, 0) is 0 Å². The van der Waals surface area contributed by atoms with Crippen LogP contribution in [0.15, 0.2) is 42.5 Å². The molecule has 4 heteroatoms. The summed E-state index contributed by atoms with van der Waals surface area (Å²) in [7, 11) is 0. The Kier molecular flexibility index (Phi) is 4.20. The molecule has 0 saturated carbocycles. The summed E-state index contributed by atoms with van der Waals surface area (Å²) in [5, 5.41) is 10.1. The molecule has 0 aliphatic heterocycles. The van der Waals surface area contributed by atoms with E-state index < -0.39 is 5.78 Å². The van der Waals surface area contributed by atoms with E-state index in [1.807, 2.05) is 0 Å². The zero-order valence-electron chi connectivity index (χ0n) is 10.9. The molecule has 2 rings (SSSR count). The highest BCUT2D eigenvalue weighted by Gasteiger charge is 2.19. The third-order valence-corrected chi connectivity index (χ3v) is 3.35. The van der Waals surface area contributed by atoms with E-state index in [1.165, 1.54) is 6.07 Å². The maximum Gasteiger partial charge on any atom is 0.174 e. The Morgan fingerprint density at radius 2 is 1.75 bits per heavy atom. The van der Waals surface area contributed by atoms with Crippen LogP contribution in [0.4, 0.5) is 0 Å². The Hall–Kier alpha value is -2.13. The second-order valence-electron chi connectivity index (χ2n) is 4.47. The molecule has 0 spiro atoms. The van der Waals surface area contributed by atoms with Gasteiger partial charge in [0.2, 0.25) is 0 Å². The van der Waals surface area contributed by atoms with Gasteiger partial charge in [-0.25, -0.2) is 0 Å². The quantitative estimate of drug-likeness (QED) is 0.687. The molecule has 0 fully saturated rings. The average molecular weight is 289 g/mol. The van der Waals surface area contributed by atoms with E-state index in [9.17, 15) is 14.7 Å². The first-order chi connectivity index (χ1) is 9.50. The largest absolute Gasteiger partial charge is 0.507 e. The van der Waals surface area contributed by atoms with Crippen LogP contribution in [0.5, 0.6) is 5.75 Å². The monoisotopic (exact) mass is 288 g/mol. The summed E-state index contributed by atoms with van der Waals surface area (Å²) in [6.07, 6.45) is -0.317. The predicted molar refractivity (Wildman–Crippen MR) is 77.6 cm³/mol. The molecule has 0 heterocycles. The van der Waals surface area contributed by atoms with E-state index in [4.69, 9.17) is 11.6 Å². The number of aromatic hydroxyl groups is 1. The Morgan fingerprint density at radius 3 is 2.40 bits per heavy atom. The van der Waals surface area contributed by atoms with Crippen LogP contribution in [0.25, 0.3) is 0 Å². The number of phenols is 1. The van der Waals surface area contributed by atoms with Crippen molar-refractivity contribution in [3.63, 3.8) is 0 Å². The fourth-order valence-electron chi connectivity index (χ4n) is 2.03. The topological polar surface area (TPSA) is 54.4 Å². The molecule has 0 aliphatic rings. The van der Waals surface area contributed by atoms with Crippen molar-refractivity contribution in [2.75, 3.05) is 0 Å². The van der Waals surface area contributed by atoms with E-state index in [1.54, 1.807) is 43.3 Å². The third-order valence-electron chi connectivity index (χ3n) is 3.03. The van der Waals surface area contributed by atoms with Gasteiger partial charge in [-0.1, -0.05) is 35.9 Å². The number of ketones is 2. The van der Waals surface area contributed by atoms with Gasteiger partial charge in [0.15, 0.2) is 11.6 Å². The van der Waals surface area contributed by atoms with E-state index in [0.717, 1.165) is 0 Å². The fourth-order valence-corrected chi connectivity index (χ4v) is 2.27. The molecular formula is C16H13ClO3. The Balaban J connectivity index is 2.25. The van der Waals surface area contributed by atoms with Gasteiger partial charge in [0.25, 0.3) is 0 Å². The zero-order valence-corrected chi connectivity index (χ0v) is 11.6. The van der Waals surface area contributed by atoms with Gasteiger partial charge in [0.1, 0.15) is 5.75 Å². The molecule has 3 nitrogen and oxygen atoms in total. The first-order valence-electron chi connectivity index (χ1n) is 6.10. The van der Waals surface area contributed by atoms with Crippen LogP contribution < -0.4 is 0 Å². The maximum atomic E-state index is 12.2. The lowest BCUT2D eigenvalue weighted by molar-refractivity contribution is 0.0893. The van der Waals surface area contributed by atoms with Gasteiger partial charge in [-0.15, -0.1) is 0 Å². The summed E-state index contributed by atoms with van der Waals surface area (Å²) in [6, 6.07) is 11.4. The van der Waals surface area contributed by atoms with Gasteiger partial charge in [0, 0.05) is 5.56 Å². The standard InChI is InChI=1S/C16H13ClO3/c1-10-5-4-8-13(18)16(10)15(20)9-14(19)11-6-2-3-7-12(11)17/h2-8,18H,9H2,1H3. The van der Waals surface area contributed by atoms with Crippen molar-refractivity contribution in [1.82, 2.24) is 0 Å². The third kappa shape index (κ3) is 2.89. The summed E-state index contributed by atoms with van der Waals surface area (Å²) in [5.41, 5.74) is 1.14. The summed E-state index contributed by atoms with van der Waals surface area (Å²) < 4.78 is 0. The first-order valence-corrected chi connectivity index (χ1v) is 6.48. The number of carbonyl (C=O) groups is 2. The lowest BCUT2D eigenvalue weighted by Crippen LogP contribution is -2.10. The molecule has 2 aromatic carbocycles. The van der Waals surface area contributed by atoms with E-state index in [2.05, 4.69) is 0 Å². The van der Waals surface area contributed by atoms with Gasteiger partial charge in [0.05, 0.1) is 17.0 Å². The van der Waals surface area contributed by atoms with Crippen LogP contribution in [0.3, 0.4) is 0 Å². The number of aryl methyl sites for hydroxylation is 1. The highest BCUT2D eigenvalue weighted by molar-refractivity contribution is 6.34.